The van der Waals surface area contributed by atoms with Crippen LogP contribution in [0, 0.1) is 38.5 Å². The molecule has 3 aromatic rings. The minimum atomic E-state index is -0.660. The molecule has 10 heteroatoms. The number of thiazole rings is 1. The Bertz CT molecular complexity index is 1550. The second-order valence-corrected chi connectivity index (χ2v) is 13.1. The number of carbonyl (C=O) groups excluding carboxylic acids is 2. The highest BCUT2D eigenvalue weighted by atomic mass is 32.1. The summed E-state index contributed by atoms with van der Waals surface area (Å²) in [5.41, 5.74) is 6.42. The number of rotatable bonds is 7. The van der Waals surface area contributed by atoms with Crippen LogP contribution in [0.4, 0.5) is 5.13 Å². The van der Waals surface area contributed by atoms with E-state index in [1.54, 1.807) is 28.2 Å². The lowest BCUT2D eigenvalue weighted by Crippen LogP contribution is -2.50. The molecular weight excluding hydrogens is 564 g/mol. The van der Waals surface area contributed by atoms with Gasteiger partial charge < -0.3 is 24.5 Å². The first-order valence-electron chi connectivity index (χ1n) is 14.9. The van der Waals surface area contributed by atoms with E-state index in [1.165, 1.54) is 0 Å². The smallest absolute Gasteiger partial charge is 0.307 e. The average Bonchev–Trinajstić information content (AvgIpc) is 3.57. The summed E-state index contributed by atoms with van der Waals surface area (Å²) in [6.45, 7) is 9.01. The number of benzene rings is 2. The topological polar surface area (TPSA) is 103 Å². The van der Waals surface area contributed by atoms with Gasteiger partial charge in [0.15, 0.2) is 5.13 Å². The number of nitrogens with zero attached hydrogens (tertiary/aromatic N) is 4. The SMILES string of the molecule is Cc1ccc(OCc2c(C)cc(C(=O)N3CCN(C)C(=O)C3)cc2C)c(-c2csc(N3C[C@H]4CC[C@@H](C3)[C@H]4C(=O)O)n2)c1. The number of carbonyl (C=O) groups is 3. The van der Waals surface area contributed by atoms with Crippen LogP contribution in [0.25, 0.3) is 11.3 Å². The fourth-order valence-electron chi connectivity index (χ4n) is 6.89. The van der Waals surface area contributed by atoms with Crippen molar-refractivity contribution in [3.05, 3.63) is 63.5 Å². The third-order valence-corrected chi connectivity index (χ3v) is 10.3. The van der Waals surface area contributed by atoms with E-state index in [0.717, 1.165) is 70.3 Å². The van der Waals surface area contributed by atoms with Gasteiger partial charge in [-0.25, -0.2) is 4.98 Å². The Morgan fingerprint density at radius 2 is 1.74 bits per heavy atom. The zero-order valence-electron chi connectivity index (χ0n) is 25.1. The molecule has 6 rings (SSSR count). The van der Waals surface area contributed by atoms with E-state index in [-0.39, 0.29) is 36.1 Å². The highest BCUT2D eigenvalue weighted by Crippen LogP contribution is 2.44. The number of aliphatic carboxylic acids is 1. The fraction of sp³-hybridized carbons (Fsp3) is 0.455. The van der Waals surface area contributed by atoms with Crippen molar-refractivity contribution in [2.45, 2.75) is 40.2 Å². The number of likely N-dealkylation sites (N-methyl/N-ethyl adjacent to an activating group) is 1. The van der Waals surface area contributed by atoms with E-state index in [2.05, 4.69) is 16.3 Å². The van der Waals surface area contributed by atoms with E-state index in [9.17, 15) is 19.5 Å². The molecule has 9 nitrogen and oxygen atoms in total. The standard InChI is InChI=1S/C33H38N4O5S/c1-19-5-8-28(25(11-19)27-18-43-33(34-27)37-14-22-6-7-23(15-37)30(22)32(40)41)42-17-26-20(2)12-24(13-21(26)3)31(39)36-10-9-35(4)29(38)16-36/h5,8,11-13,18,22-23,30H,6-7,9-10,14-17H2,1-4H3,(H,40,41)/t22-,23+,30+. The molecule has 3 atom stereocenters. The molecule has 1 saturated carbocycles. The van der Waals surface area contributed by atoms with Gasteiger partial charge >= 0.3 is 5.97 Å². The van der Waals surface area contributed by atoms with Crippen molar-refractivity contribution in [1.29, 1.82) is 0 Å². The molecule has 43 heavy (non-hydrogen) atoms. The van der Waals surface area contributed by atoms with Crippen LogP contribution in [0.2, 0.25) is 0 Å². The van der Waals surface area contributed by atoms with Crippen molar-refractivity contribution >= 4 is 34.3 Å². The Morgan fingerprint density at radius 3 is 2.40 bits per heavy atom. The van der Waals surface area contributed by atoms with Gasteiger partial charge in [0.25, 0.3) is 5.91 Å². The van der Waals surface area contributed by atoms with Crippen LogP contribution in [0.5, 0.6) is 5.75 Å². The van der Waals surface area contributed by atoms with Crippen LogP contribution in [-0.2, 0) is 16.2 Å². The number of anilines is 1. The zero-order valence-corrected chi connectivity index (χ0v) is 25.9. The maximum absolute atomic E-state index is 13.2. The summed E-state index contributed by atoms with van der Waals surface area (Å²) in [6.07, 6.45) is 1.94. The van der Waals surface area contributed by atoms with E-state index >= 15 is 0 Å². The van der Waals surface area contributed by atoms with Crippen LogP contribution in [0.3, 0.4) is 0 Å². The van der Waals surface area contributed by atoms with Crippen molar-refractivity contribution < 1.29 is 24.2 Å². The number of hydrogen-bond acceptors (Lipinski definition) is 7. The predicted octanol–water partition coefficient (Wildman–Crippen LogP) is 4.78. The Kier molecular flexibility index (Phi) is 7.89. The van der Waals surface area contributed by atoms with Crippen molar-refractivity contribution in [2.24, 2.45) is 17.8 Å². The van der Waals surface area contributed by atoms with Gasteiger partial charge in [-0.1, -0.05) is 11.6 Å². The Morgan fingerprint density at radius 1 is 1.05 bits per heavy atom. The molecule has 3 fully saturated rings. The third-order valence-electron chi connectivity index (χ3n) is 9.35. The van der Waals surface area contributed by atoms with Gasteiger partial charge in [-0.3, -0.25) is 14.4 Å². The summed E-state index contributed by atoms with van der Waals surface area (Å²) in [7, 11) is 1.76. The van der Waals surface area contributed by atoms with Gasteiger partial charge in [0.1, 0.15) is 18.9 Å². The zero-order chi connectivity index (χ0) is 30.4. The Hall–Kier alpha value is -3.92. The maximum Gasteiger partial charge on any atom is 0.307 e. The average molecular weight is 603 g/mol. The Balaban J connectivity index is 1.18. The van der Waals surface area contributed by atoms with Crippen LogP contribution >= 0.6 is 11.3 Å². The molecule has 0 unspecified atom stereocenters. The first-order valence-corrected chi connectivity index (χ1v) is 15.8. The lowest BCUT2D eigenvalue weighted by molar-refractivity contribution is -0.144. The lowest BCUT2D eigenvalue weighted by Gasteiger charge is -2.35. The Labute approximate surface area is 256 Å². The van der Waals surface area contributed by atoms with Crippen LogP contribution in [0.1, 0.15) is 45.5 Å². The molecule has 1 N–H and O–H groups in total. The summed E-state index contributed by atoms with van der Waals surface area (Å²) in [5.74, 6) is 0.0307. The number of carboxylic acids is 1. The van der Waals surface area contributed by atoms with Crippen molar-refractivity contribution in [3.63, 3.8) is 0 Å². The molecule has 1 aliphatic carbocycles. The first-order chi connectivity index (χ1) is 20.6. The third kappa shape index (κ3) is 5.72. The highest BCUT2D eigenvalue weighted by Gasteiger charge is 2.46. The first kappa shape index (κ1) is 29.2. The van der Waals surface area contributed by atoms with Gasteiger partial charge in [0, 0.05) is 49.7 Å². The fourth-order valence-corrected chi connectivity index (χ4v) is 7.74. The largest absolute Gasteiger partial charge is 0.488 e. The second kappa shape index (κ2) is 11.6. The molecule has 226 valence electrons. The van der Waals surface area contributed by atoms with Crippen LogP contribution in [0.15, 0.2) is 35.7 Å². The molecule has 2 aromatic carbocycles. The van der Waals surface area contributed by atoms with Crippen LogP contribution in [-0.4, -0.2) is 77.4 Å². The molecule has 0 spiro atoms. The summed E-state index contributed by atoms with van der Waals surface area (Å²) in [5, 5.41) is 12.7. The summed E-state index contributed by atoms with van der Waals surface area (Å²) in [6, 6.07) is 9.88. The number of piperazine rings is 1. The van der Waals surface area contributed by atoms with E-state index in [0.29, 0.717) is 25.3 Å². The molecule has 3 aliphatic rings. The number of fused-ring (bicyclic) bond motifs is 2. The summed E-state index contributed by atoms with van der Waals surface area (Å²) < 4.78 is 6.42. The number of aryl methyl sites for hydroxylation is 3. The number of amides is 2. The number of ether oxygens (including phenoxy) is 1. The lowest BCUT2D eigenvalue weighted by atomic mass is 9.85. The monoisotopic (exact) mass is 602 g/mol. The molecule has 2 amide bonds. The second-order valence-electron chi connectivity index (χ2n) is 12.3. The highest BCUT2D eigenvalue weighted by molar-refractivity contribution is 7.14. The van der Waals surface area contributed by atoms with Crippen molar-refractivity contribution in [2.75, 3.05) is 44.7 Å². The molecule has 2 bridgehead atoms. The minimum Gasteiger partial charge on any atom is -0.488 e. The molecule has 2 aliphatic heterocycles. The van der Waals surface area contributed by atoms with Crippen molar-refractivity contribution in [1.82, 2.24) is 14.8 Å². The number of piperidine rings is 1. The van der Waals surface area contributed by atoms with Crippen molar-refractivity contribution in [3.8, 4) is 17.0 Å². The maximum atomic E-state index is 13.2. The minimum absolute atomic E-state index is 0.0472. The van der Waals surface area contributed by atoms with E-state index in [4.69, 9.17) is 9.72 Å². The molecular formula is C33H38N4O5S. The molecule has 3 heterocycles. The van der Waals surface area contributed by atoms with Gasteiger partial charge in [-0.2, -0.15) is 0 Å². The summed E-state index contributed by atoms with van der Waals surface area (Å²) >= 11 is 1.59. The van der Waals surface area contributed by atoms with Crippen LogP contribution < -0.4 is 9.64 Å². The quantitative estimate of drug-likeness (QED) is 0.415. The van der Waals surface area contributed by atoms with E-state index in [1.807, 2.05) is 45.0 Å². The molecule has 1 aromatic heterocycles. The number of carboxylic acid groups (broad SMARTS) is 1. The van der Waals surface area contributed by atoms with Gasteiger partial charge in [0.05, 0.1) is 11.6 Å². The number of aromatic nitrogens is 1. The van der Waals surface area contributed by atoms with Gasteiger partial charge in [-0.15, -0.1) is 11.3 Å². The van der Waals surface area contributed by atoms with E-state index < -0.39 is 5.97 Å². The summed E-state index contributed by atoms with van der Waals surface area (Å²) in [4.78, 5) is 47.6. The van der Waals surface area contributed by atoms with Gasteiger partial charge in [0.2, 0.25) is 5.91 Å². The number of hydrogen-bond donors (Lipinski definition) is 1. The van der Waals surface area contributed by atoms with Gasteiger partial charge in [-0.05, 0) is 86.4 Å². The predicted molar refractivity (Wildman–Crippen MR) is 166 cm³/mol. The normalized spacial score (nSPS) is 21.8. The molecule has 0 radical (unpaired) electrons. The molecule has 2 saturated heterocycles.